The van der Waals surface area contributed by atoms with Crippen LogP contribution in [0.25, 0.3) is 11.0 Å². The van der Waals surface area contributed by atoms with Gasteiger partial charge in [0.15, 0.2) is 0 Å². The van der Waals surface area contributed by atoms with Crippen LogP contribution in [0, 0.1) is 5.82 Å². The fraction of sp³-hybridized carbons (Fsp3) is 0.278. The third kappa shape index (κ3) is 2.76. The second kappa shape index (κ2) is 5.93. The maximum absolute atomic E-state index is 13.2. The van der Waals surface area contributed by atoms with Gasteiger partial charge in [-0.3, -0.25) is 4.79 Å². The molecule has 1 aliphatic rings. The van der Waals surface area contributed by atoms with Gasteiger partial charge in [-0.1, -0.05) is 17.3 Å². The molecule has 1 amide bonds. The zero-order chi connectivity index (χ0) is 17.6. The van der Waals surface area contributed by atoms with Crippen molar-refractivity contribution in [3.05, 3.63) is 59.4 Å². The van der Waals surface area contributed by atoms with E-state index in [1.165, 1.54) is 12.1 Å². The Morgan fingerprint density at radius 1 is 1.24 bits per heavy atom. The summed E-state index contributed by atoms with van der Waals surface area (Å²) >= 11 is 0. The van der Waals surface area contributed by atoms with E-state index in [9.17, 15) is 14.3 Å². The lowest BCUT2D eigenvalue weighted by Gasteiger charge is -2.25. The predicted molar refractivity (Wildman–Crippen MR) is 89.3 cm³/mol. The molecule has 1 fully saturated rings. The summed E-state index contributed by atoms with van der Waals surface area (Å²) in [4.78, 5) is 14.7. The molecule has 4 rings (SSSR count). The number of aliphatic hydroxyl groups is 1. The lowest BCUT2D eigenvalue weighted by molar-refractivity contribution is 0.0716. The van der Waals surface area contributed by atoms with Crippen LogP contribution in [0.2, 0.25) is 0 Å². The fourth-order valence-electron chi connectivity index (χ4n) is 3.37. The van der Waals surface area contributed by atoms with Crippen LogP contribution >= 0.6 is 0 Å². The van der Waals surface area contributed by atoms with Gasteiger partial charge in [0.1, 0.15) is 11.3 Å². The highest BCUT2D eigenvalue weighted by Crippen LogP contribution is 2.33. The highest BCUT2D eigenvalue weighted by molar-refractivity contribution is 5.97. The Morgan fingerprint density at radius 2 is 2.00 bits per heavy atom. The molecule has 128 valence electrons. The molecular weight excluding hydrogens is 323 g/mol. The minimum absolute atomic E-state index is 0.172. The average Bonchev–Trinajstić information content (AvgIpc) is 3.18. The fourth-order valence-corrected chi connectivity index (χ4v) is 3.37. The van der Waals surface area contributed by atoms with E-state index >= 15 is 0 Å². The molecule has 0 spiro atoms. The monoisotopic (exact) mass is 340 g/mol. The molecule has 1 aromatic heterocycles. The number of amides is 1. The average molecular weight is 340 g/mol. The Kier molecular flexibility index (Phi) is 3.73. The number of nitrogens with zero attached hydrogens (tertiary/aromatic N) is 4. The molecular formula is C18H17FN4O2. The standard InChI is InChI=1S/C18H17FN4O2/c1-22-17-8-12(4-7-15(17)20-21-22)18(25)23-10-14(24)9-16(23)11-2-5-13(19)6-3-11/h2-8,14,16,24H,9-10H2,1H3. The summed E-state index contributed by atoms with van der Waals surface area (Å²) in [5, 5.41) is 18.0. The van der Waals surface area contributed by atoms with Crippen molar-refractivity contribution in [1.29, 1.82) is 0 Å². The van der Waals surface area contributed by atoms with Gasteiger partial charge in [-0.2, -0.15) is 0 Å². The number of fused-ring (bicyclic) bond motifs is 1. The minimum Gasteiger partial charge on any atom is -0.391 e. The Bertz CT molecular complexity index is 938. The number of aryl methyl sites for hydroxylation is 1. The molecule has 2 aromatic carbocycles. The van der Waals surface area contributed by atoms with Crippen LogP contribution in [0.1, 0.15) is 28.4 Å². The van der Waals surface area contributed by atoms with Gasteiger partial charge in [0.25, 0.3) is 5.91 Å². The molecule has 1 saturated heterocycles. The van der Waals surface area contributed by atoms with Crippen molar-refractivity contribution in [2.45, 2.75) is 18.6 Å². The van der Waals surface area contributed by atoms with Crippen LogP contribution in [-0.2, 0) is 7.05 Å². The van der Waals surface area contributed by atoms with Gasteiger partial charge in [0.2, 0.25) is 0 Å². The van der Waals surface area contributed by atoms with Crippen LogP contribution in [0.5, 0.6) is 0 Å². The first-order valence-electron chi connectivity index (χ1n) is 8.07. The molecule has 6 nitrogen and oxygen atoms in total. The quantitative estimate of drug-likeness (QED) is 0.775. The number of aliphatic hydroxyl groups excluding tert-OH is 1. The van der Waals surface area contributed by atoms with Gasteiger partial charge >= 0.3 is 0 Å². The molecule has 25 heavy (non-hydrogen) atoms. The van der Waals surface area contributed by atoms with Crippen LogP contribution in [0.4, 0.5) is 4.39 Å². The van der Waals surface area contributed by atoms with Crippen molar-refractivity contribution in [2.75, 3.05) is 6.54 Å². The number of hydrogen-bond donors (Lipinski definition) is 1. The first kappa shape index (κ1) is 15.7. The van der Waals surface area contributed by atoms with Crippen molar-refractivity contribution in [2.24, 2.45) is 7.05 Å². The number of benzene rings is 2. The third-order valence-corrected chi connectivity index (χ3v) is 4.65. The Balaban J connectivity index is 1.68. The molecule has 2 atom stereocenters. The van der Waals surface area contributed by atoms with Gasteiger partial charge in [0.05, 0.1) is 17.7 Å². The SMILES string of the molecule is Cn1nnc2ccc(C(=O)N3CC(O)CC3c3ccc(F)cc3)cc21. The highest BCUT2D eigenvalue weighted by atomic mass is 19.1. The van der Waals surface area contributed by atoms with E-state index in [2.05, 4.69) is 10.3 Å². The highest BCUT2D eigenvalue weighted by Gasteiger charge is 2.35. The van der Waals surface area contributed by atoms with Crippen LogP contribution in [0.15, 0.2) is 42.5 Å². The molecule has 0 bridgehead atoms. The van der Waals surface area contributed by atoms with E-state index in [-0.39, 0.29) is 24.3 Å². The van der Waals surface area contributed by atoms with E-state index < -0.39 is 6.10 Å². The van der Waals surface area contributed by atoms with Crippen LogP contribution < -0.4 is 0 Å². The van der Waals surface area contributed by atoms with E-state index in [1.807, 2.05) is 0 Å². The van der Waals surface area contributed by atoms with Crippen molar-refractivity contribution in [1.82, 2.24) is 19.9 Å². The molecule has 1 aliphatic heterocycles. The number of carbonyl (C=O) groups excluding carboxylic acids is 1. The predicted octanol–water partition coefficient (Wildman–Crippen LogP) is 2.06. The zero-order valence-electron chi connectivity index (χ0n) is 13.6. The molecule has 2 unspecified atom stereocenters. The summed E-state index contributed by atoms with van der Waals surface area (Å²) in [7, 11) is 1.77. The summed E-state index contributed by atoms with van der Waals surface area (Å²) in [6, 6.07) is 11.0. The lowest BCUT2D eigenvalue weighted by Crippen LogP contribution is -2.31. The summed E-state index contributed by atoms with van der Waals surface area (Å²) in [5.41, 5.74) is 2.81. The Labute approximate surface area is 143 Å². The van der Waals surface area contributed by atoms with E-state index in [1.54, 1.807) is 47.0 Å². The van der Waals surface area contributed by atoms with Crippen molar-refractivity contribution < 1.29 is 14.3 Å². The number of hydrogen-bond acceptors (Lipinski definition) is 4. The molecule has 0 aliphatic carbocycles. The topological polar surface area (TPSA) is 71.2 Å². The Morgan fingerprint density at radius 3 is 2.76 bits per heavy atom. The summed E-state index contributed by atoms with van der Waals surface area (Å²) in [6.07, 6.45) is -0.159. The third-order valence-electron chi connectivity index (χ3n) is 4.65. The number of aromatic nitrogens is 3. The van der Waals surface area contributed by atoms with Gasteiger partial charge in [-0.15, -0.1) is 5.10 Å². The Hall–Kier alpha value is -2.80. The van der Waals surface area contributed by atoms with Crippen molar-refractivity contribution in [3.8, 4) is 0 Å². The molecule has 7 heteroatoms. The number of likely N-dealkylation sites (tertiary alicyclic amines) is 1. The molecule has 2 heterocycles. The van der Waals surface area contributed by atoms with Gasteiger partial charge in [-0.05, 0) is 42.3 Å². The van der Waals surface area contributed by atoms with E-state index in [0.717, 1.165) is 16.6 Å². The van der Waals surface area contributed by atoms with Gasteiger partial charge in [-0.25, -0.2) is 9.07 Å². The maximum Gasteiger partial charge on any atom is 0.254 e. The summed E-state index contributed by atoms with van der Waals surface area (Å²) < 4.78 is 14.8. The lowest BCUT2D eigenvalue weighted by atomic mass is 10.0. The molecule has 0 saturated carbocycles. The zero-order valence-corrected chi connectivity index (χ0v) is 13.6. The number of halogens is 1. The summed E-state index contributed by atoms with van der Waals surface area (Å²) in [6.45, 7) is 0.253. The van der Waals surface area contributed by atoms with Gasteiger partial charge in [0, 0.05) is 19.2 Å². The van der Waals surface area contributed by atoms with Gasteiger partial charge < -0.3 is 10.0 Å². The maximum atomic E-state index is 13.2. The molecule has 3 aromatic rings. The normalized spacial score (nSPS) is 20.4. The first-order valence-corrected chi connectivity index (χ1v) is 8.07. The van der Waals surface area contributed by atoms with Crippen LogP contribution in [0.3, 0.4) is 0 Å². The second-order valence-electron chi connectivity index (χ2n) is 6.33. The van der Waals surface area contributed by atoms with E-state index in [4.69, 9.17) is 0 Å². The largest absolute Gasteiger partial charge is 0.391 e. The summed E-state index contributed by atoms with van der Waals surface area (Å²) in [5.74, 6) is -0.497. The number of rotatable bonds is 2. The van der Waals surface area contributed by atoms with E-state index in [0.29, 0.717) is 12.0 Å². The van der Waals surface area contributed by atoms with Crippen molar-refractivity contribution >= 4 is 16.9 Å². The first-order chi connectivity index (χ1) is 12.0. The van der Waals surface area contributed by atoms with Crippen LogP contribution in [-0.4, -0.2) is 43.6 Å². The van der Waals surface area contributed by atoms with Crippen molar-refractivity contribution in [3.63, 3.8) is 0 Å². The number of carbonyl (C=O) groups is 1. The minimum atomic E-state index is -0.596. The smallest absolute Gasteiger partial charge is 0.254 e. The molecule has 0 radical (unpaired) electrons. The molecule has 1 N–H and O–H groups in total. The second-order valence-corrected chi connectivity index (χ2v) is 6.33. The number of β-amino-alcohol motifs (C(OH)–C–C–N with tert-alkyl or cyclic N) is 1.